The SMILES string of the molecule is COc1cc(/C=N/n2cnnc2)ccc1OCc1ccc(C(=O)[O-])cc1. The maximum absolute atomic E-state index is 10.8. The van der Waals surface area contributed by atoms with E-state index in [-0.39, 0.29) is 12.2 Å². The second kappa shape index (κ2) is 7.93. The fourth-order valence-corrected chi connectivity index (χ4v) is 2.17. The van der Waals surface area contributed by atoms with Gasteiger partial charge in [-0.25, -0.2) is 4.68 Å². The first-order valence-corrected chi connectivity index (χ1v) is 7.66. The Balaban J connectivity index is 1.68. The van der Waals surface area contributed by atoms with Gasteiger partial charge in [0, 0.05) is 0 Å². The van der Waals surface area contributed by atoms with Gasteiger partial charge in [-0.3, -0.25) is 0 Å². The number of carbonyl (C=O) groups excluding carboxylic acids is 1. The molecule has 1 aromatic heterocycles. The number of ether oxygens (including phenoxy) is 2. The topological polar surface area (TPSA) is 102 Å². The number of carboxylic acid groups (broad SMARTS) is 1. The van der Waals surface area contributed by atoms with Crippen LogP contribution in [0, 0.1) is 0 Å². The minimum atomic E-state index is -1.21. The maximum atomic E-state index is 10.8. The van der Waals surface area contributed by atoms with Crippen molar-refractivity contribution < 1.29 is 19.4 Å². The average molecular weight is 351 g/mol. The van der Waals surface area contributed by atoms with Crippen molar-refractivity contribution in [1.82, 2.24) is 14.9 Å². The van der Waals surface area contributed by atoms with Crippen molar-refractivity contribution in [1.29, 1.82) is 0 Å². The van der Waals surface area contributed by atoms with Crippen LogP contribution in [0.2, 0.25) is 0 Å². The summed E-state index contributed by atoms with van der Waals surface area (Å²) in [6.07, 6.45) is 4.61. The molecule has 0 aliphatic carbocycles. The molecule has 3 rings (SSSR count). The Labute approximate surface area is 149 Å². The number of rotatable bonds is 7. The van der Waals surface area contributed by atoms with Gasteiger partial charge in [-0.2, -0.15) is 5.10 Å². The molecule has 26 heavy (non-hydrogen) atoms. The number of aromatic carboxylic acids is 1. The van der Waals surface area contributed by atoms with Crippen LogP contribution in [0.15, 0.2) is 60.2 Å². The molecule has 8 heteroatoms. The summed E-state index contributed by atoms with van der Waals surface area (Å²) in [5, 5.41) is 22.3. The molecule has 0 aliphatic rings. The van der Waals surface area contributed by atoms with Gasteiger partial charge in [0.15, 0.2) is 11.5 Å². The summed E-state index contributed by atoms with van der Waals surface area (Å²) in [5.74, 6) is -0.0788. The Morgan fingerprint density at radius 3 is 2.54 bits per heavy atom. The summed E-state index contributed by atoms with van der Waals surface area (Å²) in [7, 11) is 1.55. The molecule has 0 N–H and O–H groups in total. The molecule has 0 unspecified atom stereocenters. The van der Waals surface area contributed by atoms with Gasteiger partial charge in [-0.1, -0.05) is 24.3 Å². The largest absolute Gasteiger partial charge is 0.545 e. The lowest BCUT2D eigenvalue weighted by Crippen LogP contribution is -2.22. The number of carboxylic acids is 1. The van der Waals surface area contributed by atoms with Crippen molar-refractivity contribution >= 4 is 12.2 Å². The molecule has 0 bridgehead atoms. The van der Waals surface area contributed by atoms with Gasteiger partial charge in [0.1, 0.15) is 19.3 Å². The zero-order valence-corrected chi connectivity index (χ0v) is 13.9. The van der Waals surface area contributed by atoms with Gasteiger partial charge >= 0.3 is 0 Å². The highest BCUT2D eigenvalue weighted by molar-refractivity contribution is 5.85. The van der Waals surface area contributed by atoms with Crippen molar-refractivity contribution in [2.45, 2.75) is 6.61 Å². The van der Waals surface area contributed by atoms with Crippen molar-refractivity contribution in [2.24, 2.45) is 5.10 Å². The molecule has 0 radical (unpaired) electrons. The Morgan fingerprint density at radius 2 is 1.88 bits per heavy atom. The zero-order valence-electron chi connectivity index (χ0n) is 13.9. The maximum Gasteiger partial charge on any atom is 0.161 e. The van der Waals surface area contributed by atoms with Gasteiger partial charge in [0.2, 0.25) is 0 Å². The molecule has 3 aromatic rings. The monoisotopic (exact) mass is 351 g/mol. The van der Waals surface area contributed by atoms with E-state index in [0.717, 1.165) is 11.1 Å². The van der Waals surface area contributed by atoms with Crippen LogP contribution in [0.5, 0.6) is 11.5 Å². The van der Waals surface area contributed by atoms with Crippen molar-refractivity contribution in [3.63, 3.8) is 0 Å². The molecule has 0 saturated carbocycles. The highest BCUT2D eigenvalue weighted by atomic mass is 16.5. The van der Waals surface area contributed by atoms with E-state index in [4.69, 9.17) is 9.47 Å². The van der Waals surface area contributed by atoms with E-state index in [0.29, 0.717) is 11.5 Å². The van der Waals surface area contributed by atoms with E-state index in [9.17, 15) is 9.90 Å². The van der Waals surface area contributed by atoms with E-state index in [2.05, 4.69) is 15.3 Å². The highest BCUT2D eigenvalue weighted by Gasteiger charge is 2.06. The standard InChI is InChI=1S/C18H16N4O4/c1-25-17-8-14(9-21-22-11-19-20-12-22)4-7-16(17)26-10-13-2-5-15(6-3-13)18(23)24/h2-9,11-12H,10H2,1H3,(H,23,24)/p-1/b21-9+. The van der Waals surface area contributed by atoms with E-state index in [1.54, 1.807) is 37.6 Å². The molecule has 0 fully saturated rings. The molecule has 0 aliphatic heterocycles. The minimum Gasteiger partial charge on any atom is -0.545 e. The fourth-order valence-electron chi connectivity index (χ4n) is 2.17. The Bertz CT molecular complexity index is 905. The van der Waals surface area contributed by atoms with Gasteiger partial charge in [-0.05, 0) is 34.9 Å². The molecule has 0 saturated heterocycles. The smallest absolute Gasteiger partial charge is 0.161 e. The van der Waals surface area contributed by atoms with Gasteiger partial charge in [0.25, 0.3) is 0 Å². The van der Waals surface area contributed by atoms with Crippen LogP contribution in [-0.4, -0.2) is 34.2 Å². The second-order valence-electron chi connectivity index (χ2n) is 5.27. The van der Waals surface area contributed by atoms with E-state index < -0.39 is 5.97 Å². The minimum absolute atomic E-state index is 0.128. The van der Waals surface area contributed by atoms with Gasteiger partial charge < -0.3 is 19.4 Å². The van der Waals surface area contributed by atoms with Crippen molar-refractivity contribution in [3.05, 3.63) is 71.8 Å². The lowest BCUT2D eigenvalue weighted by atomic mass is 10.1. The first-order chi connectivity index (χ1) is 12.7. The molecule has 132 valence electrons. The summed E-state index contributed by atoms with van der Waals surface area (Å²) >= 11 is 0. The van der Waals surface area contributed by atoms with E-state index in [1.165, 1.54) is 29.5 Å². The Kier molecular flexibility index (Phi) is 5.23. The molecular formula is C18H15N4O4-. The van der Waals surface area contributed by atoms with E-state index >= 15 is 0 Å². The molecular weight excluding hydrogens is 336 g/mol. The summed E-state index contributed by atoms with van der Waals surface area (Å²) in [6.45, 7) is 0.276. The number of methoxy groups -OCH3 is 1. The van der Waals surface area contributed by atoms with Crippen LogP contribution in [0.3, 0.4) is 0 Å². The van der Waals surface area contributed by atoms with Crippen LogP contribution in [0.25, 0.3) is 0 Å². The summed E-state index contributed by atoms with van der Waals surface area (Å²) < 4.78 is 12.6. The highest BCUT2D eigenvalue weighted by Crippen LogP contribution is 2.28. The molecule has 0 amide bonds. The number of carbonyl (C=O) groups is 1. The van der Waals surface area contributed by atoms with Crippen LogP contribution in [0.1, 0.15) is 21.5 Å². The molecule has 0 atom stereocenters. The average Bonchev–Trinajstić information content (AvgIpc) is 3.19. The van der Waals surface area contributed by atoms with E-state index in [1.807, 2.05) is 6.07 Å². The number of benzene rings is 2. The first kappa shape index (κ1) is 17.2. The predicted molar refractivity (Wildman–Crippen MR) is 91.1 cm³/mol. The second-order valence-corrected chi connectivity index (χ2v) is 5.27. The third-order valence-electron chi connectivity index (χ3n) is 3.52. The third-order valence-corrected chi connectivity index (χ3v) is 3.52. The van der Waals surface area contributed by atoms with Crippen LogP contribution >= 0.6 is 0 Å². The quantitative estimate of drug-likeness (QED) is 0.591. The third kappa shape index (κ3) is 4.23. The number of hydrogen-bond donors (Lipinski definition) is 0. The number of nitrogens with zero attached hydrogens (tertiary/aromatic N) is 4. The lowest BCUT2D eigenvalue weighted by Gasteiger charge is -2.12. The predicted octanol–water partition coefficient (Wildman–Crippen LogP) is 1.11. The Morgan fingerprint density at radius 1 is 1.15 bits per heavy atom. The summed E-state index contributed by atoms with van der Waals surface area (Å²) in [6, 6.07) is 11.7. The zero-order chi connectivity index (χ0) is 18.4. The van der Waals surface area contributed by atoms with Crippen molar-refractivity contribution in [2.75, 3.05) is 7.11 Å². The number of hydrogen-bond acceptors (Lipinski definition) is 7. The van der Waals surface area contributed by atoms with Crippen LogP contribution in [-0.2, 0) is 6.61 Å². The van der Waals surface area contributed by atoms with Crippen LogP contribution < -0.4 is 14.6 Å². The molecule has 8 nitrogen and oxygen atoms in total. The fraction of sp³-hybridized carbons (Fsp3) is 0.111. The van der Waals surface area contributed by atoms with Gasteiger partial charge in [-0.15, -0.1) is 10.2 Å². The van der Waals surface area contributed by atoms with Gasteiger partial charge in [0.05, 0.1) is 19.3 Å². The molecule has 2 aromatic carbocycles. The van der Waals surface area contributed by atoms with Crippen molar-refractivity contribution in [3.8, 4) is 11.5 Å². The summed E-state index contributed by atoms with van der Waals surface area (Å²) in [4.78, 5) is 10.8. The first-order valence-electron chi connectivity index (χ1n) is 7.66. The number of aromatic nitrogens is 3. The van der Waals surface area contributed by atoms with Crippen LogP contribution in [0.4, 0.5) is 0 Å². The molecule has 1 heterocycles. The normalized spacial score (nSPS) is 10.8. The summed E-state index contributed by atoms with van der Waals surface area (Å²) in [5.41, 5.74) is 1.78. The molecule has 0 spiro atoms. The lowest BCUT2D eigenvalue weighted by molar-refractivity contribution is -0.255. The Hall–Kier alpha value is -3.68.